The number of nitro groups is 1. The van der Waals surface area contributed by atoms with Gasteiger partial charge in [-0.25, -0.2) is 4.98 Å². The minimum atomic E-state index is -4.83. The fraction of sp³-hybridized carbons (Fsp3) is 0.0104. The van der Waals surface area contributed by atoms with E-state index in [2.05, 4.69) is 92.6 Å². The van der Waals surface area contributed by atoms with Crippen LogP contribution in [-0.2, 0) is 4.79 Å². The summed E-state index contributed by atoms with van der Waals surface area (Å²) in [7, 11) is 0. The zero-order valence-electron chi connectivity index (χ0n) is 68.8. The third-order valence-corrected chi connectivity index (χ3v) is 18.4. The van der Waals surface area contributed by atoms with Gasteiger partial charge in [-0.05, 0) is 162 Å². The Kier molecular flexibility index (Phi) is 29.0. The van der Waals surface area contributed by atoms with Crippen LogP contribution < -0.4 is 47.3 Å². The summed E-state index contributed by atoms with van der Waals surface area (Å²) >= 11 is 0. The Morgan fingerprint density at radius 1 is 0.318 bits per heavy atom. The summed E-state index contributed by atoms with van der Waals surface area (Å²) < 4.78 is 46.7. The quantitative estimate of drug-likeness (QED) is 0.0158. The summed E-state index contributed by atoms with van der Waals surface area (Å²) in [5.41, 5.74) is 6.99. The van der Waals surface area contributed by atoms with Gasteiger partial charge in [0.1, 0.15) is 5.75 Å². The first-order valence-electron chi connectivity index (χ1n) is 39.8. The predicted octanol–water partition coefficient (Wildman–Crippen LogP) is 17.4. The number of non-ortho nitro benzene ring substituents is 1. The first kappa shape index (κ1) is 89.1. The number of ether oxygens (including phenoxy) is 1. The number of anilines is 8. The number of pyridine rings is 1. The molecule has 12 aromatic carbocycles. The van der Waals surface area contributed by atoms with E-state index in [1.165, 1.54) is 55.1 Å². The van der Waals surface area contributed by atoms with E-state index >= 15 is 0 Å². The van der Waals surface area contributed by atoms with Gasteiger partial charge in [-0.3, -0.25) is 91.0 Å². The molecule has 652 valence electrons. The van der Waals surface area contributed by atoms with Crippen molar-refractivity contribution in [3.8, 4) is 39.8 Å². The molecule has 0 spiro atoms. The number of halogens is 3. The van der Waals surface area contributed by atoms with Gasteiger partial charge in [-0.15, -0.1) is 33.6 Å². The molecule has 17 aromatic rings. The van der Waals surface area contributed by atoms with E-state index in [1.54, 1.807) is 219 Å². The lowest BCUT2D eigenvalue weighted by Crippen LogP contribution is -2.17. The summed E-state index contributed by atoms with van der Waals surface area (Å²) in [6.07, 6.45) is -0.150. The van der Waals surface area contributed by atoms with Gasteiger partial charge in [0.25, 0.3) is 76.7 Å². The first-order chi connectivity index (χ1) is 64.1. The molecule has 0 unspecified atom stereocenters. The van der Waals surface area contributed by atoms with Crippen molar-refractivity contribution >= 4 is 107 Å². The van der Waals surface area contributed by atoms with E-state index in [4.69, 9.17) is 0 Å². The zero-order valence-corrected chi connectivity index (χ0v) is 68.8. The third-order valence-electron chi connectivity index (χ3n) is 18.4. The summed E-state index contributed by atoms with van der Waals surface area (Å²) in [6.45, 7) is 0. The fourth-order valence-electron chi connectivity index (χ4n) is 12.1. The van der Waals surface area contributed by atoms with E-state index in [9.17, 15) is 61.6 Å². The average molecular weight is 1770 g/mol. The van der Waals surface area contributed by atoms with Gasteiger partial charge in [0.05, 0.1) is 22.0 Å². The smallest absolute Gasteiger partial charge is 0.406 e. The Hall–Kier alpha value is -19.2. The maximum atomic E-state index is 12.8. The summed E-state index contributed by atoms with van der Waals surface area (Å²) in [6, 6.07) is 103. The molecule has 132 heavy (non-hydrogen) atoms. The van der Waals surface area contributed by atoms with Gasteiger partial charge in [-0.2, -0.15) is 38.7 Å². The minimum Gasteiger partial charge on any atom is -0.406 e. The van der Waals surface area contributed by atoms with Gasteiger partial charge in [0.2, 0.25) is 23.8 Å². The van der Waals surface area contributed by atoms with Gasteiger partial charge in [0, 0.05) is 63.3 Å². The molecule has 5 heterocycles. The van der Waals surface area contributed by atoms with Crippen molar-refractivity contribution in [2.45, 2.75) is 6.36 Å². The van der Waals surface area contributed by atoms with Crippen LogP contribution >= 0.6 is 0 Å². The molecule has 0 aliphatic heterocycles. The number of nitro benzene ring substituents is 1. The predicted molar refractivity (Wildman–Crippen MR) is 487 cm³/mol. The highest BCUT2D eigenvalue weighted by atomic mass is 19.4. The minimum absolute atomic E-state index is 0.0166. The Bertz CT molecular complexity index is 6900. The summed E-state index contributed by atoms with van der Waals surface area (Å²) in [4.78, 5) is 132. The number of rotatable bonds is 24. The third kappa shape index (κ3) is 24.7. The summed E-state index contributed by atoms with van der Waals surface area (Å²) in [5, 5.41) is 49.4. The number of amides is 8. The molecule has 36 heteroatoms. The number of hydrogen-bond acceptors (Lipinski definition) is 20. The van der Waals surface area contributed by atoms with Gasteiger partial charge >= 0.3 is 6.36 Å². The number of carbonyl (C=O) groups excluding carboxylic acids is 8. The maximum absolute atomic E-state index is 12.8. The Balaban J connectivity index is 0.000000142. The van der Waals surface area contributed by atoms with Crippen LogP contribution in [0.2, 0.25) is 0 Å². The molecule has 0 saturated carbocycles. The van der Waals surface area contributed by atoms with Crippen LogP contribution in [0.3, 0.4) is 0 Å². The molecule has 5 aromatic heterocycles. The second-order valence-electron chi connectivity index (χ2n) is 27.6. The molecule has 33 nitrogen and oxygen atoms in total. The van der Waals surface area contributed by atoms with Crippen LogP contribution in [0.5, 0.6) is 5.75 Å². The van der Waals surface area contributed by atoms with E-state index in [0.29, 0.717) is 50.6 Å². The molecule has 0 saturated heterocycles. The zero-order chi connectivity index (χ0) is 92.1. The number of nitrogens with one attached hydrogen (secondary N) is 8. The Morgan fingerprint density at radius 3 is 0.985 bits per heavy atom. The number of nitrogens with zero attached hydrogens (tertiary/aromatic N) is 14. The molecule has 0 aliphatic carbocycles. The molecule has 17 rings (SSSR count). The van der Waals surface area contributed by atoms with E-state index < -0.39 is 46.6 Å². The SMILES string of the molecule is O=C(/C=C/c1ccccc1)Nc1nc(NC(=O)c2ccccc2)nn1-c1ccccn1.O=C(Nc1nc(NC(=O)c2cccc([N+](=O)[O-])c2)n(-c2ccccc2)n1)c1ccccc1.O=C(Nc1nc(NC(=O)c2ccccc2)n(-c2ccc(-c3ccccc3)cc2)n1)c1ccccc1.O=C(Nc1nc(NC(=O)c2ccccc2)n(-c2ccc(OC(F)(F)F)cc2)n1)c1ccccc1. The number of hydrogen-bond donors (Lipinski definition) is 8. The number of benzene rings is 12. The lowest BCUT2D eigenvalue weighted by atomic mass is 10.1. The second-order valence-corrected chi connectivity index (χ2v) is 27.6. The van der Waals surface area contributed by atoms with Crippen molar-refractivity contribution in [3.05, 3.63) is 431 Å². The normalized spacial score (nSPS) is 10.7. The average Bonchev–Trinajstić information content (AvgIpc) is 1.67. The molecule has 0 fully saturated rings. The van der Waals surface area contributed by atoms with E-state index in [1.807, 2.05) is 109 Å². The summed E-state index contributed by atoms with van der Waals surface area (Å²) in [5.74, 6) is -3.12. The standard InChI is InChI=1S/C28H21N5O2.C23H16F3N5O3.C23H18N6O2.C22H16N6O4/c34-25(22-12-6-2-7-13-22)29-27-31-28(30-26(35)23-14-8-3-9-15-23)33(32-27)24-18-16-21(17-19-24)20-10-4-1-5-11-20;24-23(25,26)34-18-13-11-17(12-14-18)31-22(28-20(33)16-9-5-2-6-10-16)29-21(30-31)27-19(32)15-7-3-1-4-8-15;30-20(15-14-17-9-3-1-4-10-17)25-23-27-22(26-21(31)18-11-5-2-6-12-18)28-29(23)19-13-7-8-16-24-19;29-19(15-8-3-1-4-9-15)23-21-25-22(27(26-21)17-11-5-2-6-12-17)24-20(30)16-10-7-13-18(14-16)28(31)32/h1-19H,(H2,29,30,31,32,34,35);1-14H,(H2,27,28,29,30,32,33);1-16H,(H2,25,26,27,28,30,31);1-14H,(H2,23,24,25,26,29,30)/b;;15-14+;. The van der Waals surface area contributed by atoms with Gasteiger partial charge < -0.3 is 4.74 Å². The van der Waals surface area contributed by atoms with Crippen molar-refractivity contribution in [1.29, 1.82) is 0 Å². The van der Waals surface area contributed by atoms with Crippen molar-refractivity contribution in [2.24, 2.45) is 0 Å². The van der Waals surface area contributed by atoms with Crippen molar-refractivity contribution < 1.29 is 61.2 Å². The van der Waals surface area contributed by atoms with Gasteiger partial charge in [0.15, 0.2) is 5.82 Å². The van der Waals surface area contributed by atoms with Gasteiger partial charge in [-0.1, -0.05) is 212 Å². The van der Waals surface area contributed by atoms with Crippen molar-refractivity contribution in [1.82, 2.24) is 64.0 Å². The number of aromatic nitrogens is 13. The lowest BCUT2D eigenvalue weighted by Gasteiger charge is -2.10. The highest BCUT2D eigenvalue weighted by Gasteiger charge is 2.32. The molecule has 0 bridgehead atoms. The molecule has 0 radical (unpaired) electrons. The van der Waals surface area contributed by atoms with Crippen molar-refractivity contribution in [2.75, 3.05) is 42.5 Å². The number of carbonyl (C=O) groups is 8. The van der Waals surface area contributed by atoms with Crippen LogP contribution in [0.1, 0.15) is 78.1 Å². The molecule has 0 atom stereocenters. The monoisotopic (exact) mass is 1760 g/mol. The van der Waals surface area contributed by atoms with Crippen molar-refractivity contribution in [3.63, 3.8) is 0 Å². The number of alkyl halides is 3. The van der Waals surface area contributed by atoms with Crippen LogP contribution in [0.25, 0.3) is 40.1 Å². The molecular weight excluding hydrogens is 1690 g/mol. The number of para-hydroxylation sites is 1. The largest absolute Gasteiger partial charge is 0.573 e. The Labute approximate surface area is 747 Å². The van der Waals surface area contributed by atoms with E-state index in [0.717, 1.165) is 34.9 Å². The molecule has 8 amide bonds. The van der Waals surface area contributed by atoms with E-state index in [-0.39, 0.29) is 82.2 Å². The topological polar surface area (TPSA) is 421 Å². The highest BCUT2D eigenvalue weighted by Crippen LogP contribution is 2.29. The van der Waals surface area contributed by atoms with Crippen LogP contribution in [0.15, 0.2) is 376 Å². The molecule has 8 N–H and O–H groups in total. The molecular formula is C96H71F3N22O11. The lowest BCUT2D eigenvalue weighted by molar-refractivity contribution is -0.384. The maximum Gasteiger partial charge on any atom is 0.573 e. The first-order valence-corrected chi connectivity index (χ1v) is 39.8. The fourth-order valence-corrected chi connectivity index (χ4v) is 12.1. The van der Waals surface area contributed by atoms with Crippen LogP contribution in [-0.4, -0.2) is 123 Å². The molecule has 0 aliphatic rings. The van der Waals surface area contributed by atoms with Crippen LogP contribution in [0, 0.1) is 10.1 Å². The second kappa shape index (κ2) is 43.0. The van der Waals surface area contributed by atoms with Crippen LogP contribution in [0.4, 0.5) is 66.4 Å². The highest BCUT2D eigenvalue weighted by molar-refractivity contribution is 6.08. The Morgan fingerprint density at radius 2 is 0.621 bits per heavy atom.